The van der Waals surface area contributed by atoms with Gasteiger partial charge in [0.1, 0.15) is 17.2 Å². The number of pyridine rings is 2. The number of rotatable bonds is 4. The Morgan fingerprint density at radius 3 is 2.73 bits per heavy atom. The molecule has 0 bridgehead atoms. The first kappa shape index (κ1) is 20.6. The van der Waals surface area contributed by atoms with Crippen LogP contribution in [0.15, 0.2) is 39.8 Å². The van der Waals surface area contributed by atoms with Crippen LogP contribution in [0.2, 0.25) is 0 Å². The number of amides is 1. The molecule has 0 atom stereocenters. The third-order valence-corrected chi connectivity index (χ3v) is 6.80. The molecule has 10 heteroatoms. The topological polar surface area (TPSA) is 121 Å². The molecule has 4 rings (SSSR count). The van der Waals surface area contributed by atoms with E-state index in [1.54, 1.807) is 37.6 Å². The van der Waals surface area contributed by atoms with E-state index in [0.717, 1.165) is 11.1 Å². The molecule has 0 aromatic carbocycles. The van der Waals surface area contributed by atoms with Crippen molar-refractivity contribution in [1.82, 2.24) is 14.5 Å². The number of nitrogens with one attached hydrogen (secondary N) is 1. The second-order valence-corrected chi connectivity index (χ2v) is 9.93. The molecule has 1 fully saturated rings. The van der Waals surface area contributed by atoms with Crippen LogP contribution in [0.1, 0.15) is 12.7 Å². The number of hydrogen-bond acceptors (Lipinski definition) is 7. The van der Waals surface area contributed by atoms with Crippen molar-refractivity contribution in [3.05, 3.63) is 46.7 Å². The summed E-state index contributed by atoms with van der Waals surface area (Å²) in [6, 6.07) is 5.28. The maximum atomic E-state index is 12.7. The van der Waals surface area contributed by atoms with Gasteiger partial charge in [-0.2, -0.15) is 10.6 Å². The number of carbonyl (C=O) groups excluding carboxylic acids is 1. The van der Waals surface area contributed by atoms with Crippen molar-refractivity contribution in [2.24, 2.45) is 7.05 Å². The zero-order chi connectivity index (χ0) is 21.5. The standard InChI is InChI=1S/C20H24N4O5S/c1-13(25)22-18-9-14(3-4-21-18)17-12-23(2)20(26)16-10-15(29-19(16)17)11-24-5-7-30(27,28)8-6-24/h3-4,9-10,12,27-28H,5-8,11H2,1-2H3,(H,21,22,25). The van der Waals surface area contributed by atoms with Gasteiger partial charge in [-0.15, -0.1) is 0 Å². The lowest BCUT2D eigenvalue weighted by molar-refractivity contribution is -0.114. The second kappa shape index (κ2) is 7.88. The zero-order valence-corrected chi connectivity index (χ0v) is 17.6. The predicted octanol–water partition coefficient (Wildman–Crippen LogP) is 2.72. The molecule has 1 aliphatic rings. The molecule has 9 nitrogen and oxygen atoms in total. The maximum absolute atomic E-state index is 12.7. The van der Waals surface area contributed by atoms with E-state index in [1.165, 1.54) is 11.5 Å². The first-order valence-electron chi connectivity index (χ1n) is 9.54. The molecule has 4 heterocycles. The maximum Gasteiger partial charge on any atom is 0.261 e. The fourth-order valence-corrected chi connectivity index (χ4v) is 4.88. The minimum atomic E-state index is -2.46. The summed E-state index contributed by atoms with van der Waals surface area (Å²) < 4.78 is 27.2. The summed E-state index contributed by atoms with van der Waals surface area (Å²) in [4.78, 5) is 30.3. The Kier molecular flexibility index (Phi) is 5.41. The fourth-order valence-electron chi connectivity index (χ4n) is 3.58. The van der Waals surface area contributed by atoms with E-state index in [2.05, 4.69) is 15.2 Å². The average molecular weight is 433 g/mol. The fraction of sp³-hybridized carbons (Fsp3) is 0.350. The van der Waals surface area contributed by atoms with E-state index in [9.17, 15) is 18.7 Å². The minimum Gasteiger partial charge on any atom is -0.459 e. The first-order chi connectivity index (χ1) is 14.2. The van der Waals surface area contributed by atoms with Gasteiger partial charge in [0.25, 0.3) is 5.56 Å². The van der Waals surface area contributed by atoms with Crippen LogP contribution in [-0.2, 0) is 18.4 Å². The summed E-state index contributed by atoms with van der Waals surface area (Å²) in [5.74, 6) is 1.54. The van der Waals surface area contributed by atoms with Crippen LogP contribution < -0.4 is 10.9 Å². The number of furan rings is 1. The highest BCUT2D eigenvalue weighted by atomic mass is 32.3. The Bertz CT molecular complexity index is 1160. The molecule has 160 valence electrons. The molecule has 1 amide bonds. The number of aromatic nitrogens is 2. The molecular formula is C20H24N4O5S. The molecule has 30 heavy (non-hydrogen) atoms. The average Bonchev–Trinajstić information content (AvgIpc) is 3.10. The monoisotopic (exact) mass is 432 g/mol. The normalized spacial score (nSPS) is 17.7. The van der Waals surface area contributed by atoms with Crippen LogP contribution in [0.3, 0.4) is 0 Å². The Morgan fingerprint density at radius 1 is 1.30 bits per heavy atom. The van der Waals surface area contributed by atoms with E-state index in [0.29, 0.717) is 53.7 Å². The summed E-state index contributed by atoms with van der Waals surface area (Å²) >= 11 is 0. The quantitative estimate of drug-likeness (QED) is 0.580. The summed E-state index contributed by atoms with van der Waals surface area (Å²) in [5, 5.41) is 3.14. The molecule has 3 aromatic heterocycles. The zero-order valence-electron chi connectivity index (χ0n) is 16.8. The molecule has 3 N–H and O–H groups in total. The molecule has 0 unspecified atom stereocenters. The van der Waals surface area contributed by atoms with E-state index in [4.69, 9.17) is 4.42 Å². The SMILES string of the molecule is CC(=O)Nc1cc(-c2cn(C)c(=O)c3cc(CN4CCS(O)(O)CC4)oc23)ccn1. The summed E-state index contributed by atoms with van der Waals surface area (Å²) in [7, 11) is -0.778. The Hall–Kier alpha value is -2.66. The van der Waals surface area contributed by atoms with Crippen molar-refractivity contribution < 1.29 is 18.3 Å². The molecule has 0 aliphatic carbocycles. The van der Waals surface area contributed by atoms with Crippen LogP contribution in [0.4, 0.5) is 5.82 Å². The van der Waals surface area contributed by atoms with Crippen LogP contribution in [0, 0.1) is 0 Å². The van der Waals surface area contributed by atoms with Crippen LogP contribution in [-0.4, -0.2) is 54.1 Å². The van der Waals surface area contributed by atoms with Crippen LogP contribution >= 0.6 is 10.6 Å². The molecule has 1 aliphatic heterocycles. The lowest BCUT2D eigenvalue weighted by Crippen LogP contribution is -2.37. The lowest BCUT2D eigenvalue weighted by Gasteiger charge is -2.40. The molecule has 1 saturated heterocycles. The smallest absolute Gasteiger partial charge is 0.261 e. The van der Waals surface area contributed by atoms with Gasteiger partial charge in [0.05, 0.1) is 23.4 Å². The van der Waals surface area contributed by atoms with Crippen molar-refractivity contribution in [1.29, 1.82) is 0 Å². The molecule has 3 aromatic rings. The summed E-state index contributed by atoms with van der Waals surface area (Å²) in [6.07, 6.45) is 3.30. The second-order valence-electron chi connectivity index (χ2n) is 7.51. The van der Waals surface area contributed by atoms with Gasteiger partial charge in [-0.05, 0) is 23.8 Å². The van der Waals surface area contributed by atoms with Gasteiger partial charge in [-0.3, -0.25) is 23.6 Å². The van der Waals surface area contributed by atoms with Crippen molar-refractivity contribution in [2.45, 2.75) is 13.5 Å². The van der Waals surface area contributed by atoms with E-state index >= 15 is 0 Å². The van der Waals surface area contributed by atoms with Gasteiger partial charge >= 0.3 is 0 Å². The lowest BCUT2D eigenvalue weighted by atomic mass is 10.1. The number of fused-ring (bicyclic) bond motifs is 1. The van der Waals surface area contributed by atoms with Crippen LogP contribution in [0.25, 0.3) is 22.1 Å². The number of carbonyl (C=O) groups is 1. The first-order valence-corrected chi connectivity index (χ1v) is 11.4. The third-order valence-electron chi connectivity index (χ3n) is 5.12. The van der Waals surface area contributed by atoms with E-state index in [-0.39, 0.29) is 11.5 Å². The van der Waals surface area contributed by atoms with E-state index in [1.807, 2.05) is 0 Å². The van der Waals surface area contributed by atoms with Crippen molar-refractivity contribution in [3.8, 4) is 11.1 Å². The van der Waals surface area contributed by atoms with Gasteiger partial charge in [-0.1, -0.05) is 0 Å². The van der Waals surface area contributed by atoms with Crippen molar-refractivity contribution in [2.75, 3.05) is 29.9 Å². The van der Waals surface area contributed by atoms with Gasteiger partial charge < -0.3 is 14.3 Å². The molecule has 0 saturated carbocycles. The third kappa shape index (κ3) is 4.26. The van der Waals surface area contributed by atoms with Crippen molar-refractivity contribution in [3.63, 3.8) is 0 Å². The predicted molar refractivity (Wildman–Crippen MR) is 117 cm³/mol. The van der Waals surface area contributed by atoms with Crippen LogP contribution in [0.5, 0.6) is 0 Å². The largest absolute Gasteiger partial charge is 0.459 e. The van der Waals surface area contributed by atoms with Gasteiger partial charge in [0.2, 0.25) is 5.91 Å². The van der Waals surface area contributed by atoms with Gasteiger partial charge in [0, 0.05) is 45.0 Å². The van der Waals surface area contributed by atoms with E-state index < -0.39 is 10.6 Å². The van der Waals surface area contributed by atoms with Gasteiger partial charge in [0.15, 0.2) is 0 Å². The van der Waals surface area contributed by atoms with Crippen molar-refractivity contribution >= 4 is 33.3 Å². The Balaban J connectivity index is 1.70. The summed E-state index contributed by atoms with van der Waals surface area (Å²) in [6.45, 7) is 3.03. The Labute approximate surface area is 174 Å². The minimum absolute atomic E-state index is 0.160. The molecule has 0 spiro atoms. The van der Waals surface area contributed by atoms with Gasteiger partial charge in [-0.25, -0.2) is 4.98 Å². The highest BCUT2D eigenvalue weighted by molar-refractivity contribution is 8.24. The highest BCUT2D eigenvalue weighted by Gasteiger charge is 2.24. The number of hydrogen-bond donors (Lipinski definition) is 3. The Morgan fingerprint density at radius 2 is 2.03 bits per heavy atom. The highest BCUT2D eigenvalue weighted by Crippen LogP contribution is 2.40. The summed E-state index contributed by atoms with van der Waals surface area (Å²) in [5.41, 5.74) is 1.81. The molecular weight excluding hydrogens is 408 g/mol. The number of anilines is 1. The molecule has 0 radical (unpaired) electrons. The number of aryl methyl sites for hydroxylation is 1. The number of nitrogens with zero attached hydrogens (tertiary/aromatic N) is 3.